The molecule has 0 unspecified atom stereocenters. The number of carbonyl (C=O) groups excluding carboxylic acids is 1. The Morgan fingerprint density at radius 3 is 2.75 bits per heavy atom. The highest BCUT2D eigenvalue weighted by Gasteiger charge is 2.30. The molecule has 0 saturated heterocycles. The predicted octanol–water partition coefficient (Wildman–Crippen LogP) is 2.41. The third-order valence-corrected chi connectivity index (χ3v) is 3.45. The minimum absolute atomic E-state index is 0.150. The number of nitro groups is 1. The van der Waals surface area contributed by atoms with Crippen LogP contribution in [0.5, 0.6) is 0 Å². The summed E-state index contributed by atoms with van der Waals surface area (Å²) in [5, 5.41) is 14.3. The Morgan fingerprint density at radius 1 is 1.55 bits per heavy atom. The molecule has 0 aromatic carbocycles. The van der Waals surface area contributed by atoms with E-state index in [0.717, 1.165) is 0 Å². The largest absolute Gasteiger partial charge is 0.433 e. The Kier molecular flexibility index (Phi) is 3.93. The van der Waals surface area contributed by atoms with Crippen LogP contribution in [0, 0.1) is 10.1 Å². The number of allylic oxidation sites excluding steroid dienone is 1. The van der Waals surface area contributed by atoms with Crippen LogP contribution in [0.25, 0.3) is 0 Å². The van der Waals surface area contributed by atoms with Crippen molar-refractivity contribution in [1.82, 2.24) is 5.32 Å². The molecule has 106 valence electrons. The van der Waals surface area contributed by atoms with Crippen LogP contribution in [0.15, 0.2) is 32.8 Å². The number of Topliss-reactive ketones (excluding diaryl/α,β-unsaturated/α-hetero) is 1. The van der Waals surface area contributed by atoms with Crippen LogP contribution in [0.3, 0.4) is 0 Å². The zero-order valence-electron chi connectivity index (χ0n) is 11.2. The van der Waals surface area contributed by atoms with Gasteiger partial charge in [0.05, 0.1) is 6.07 Å². The van der Waals surface area contributed by atoms with Crippen LogP contribution in [0.4, 0.5) is 5.88 Å². The third-order valence-electron chi connectivity index (χ3n) is 2.85. The van der Waals surface area contributed by atoms with E-state index in [9.17, 15) is 14.9 Å². The van der Waals surface area contributed by atoms with Gasteiger partial charge in [0.15, 0.2) is 11.0 Å². The number of hydrogen-bond acceptors (Lipinski definition) is 7. The summed E-state index contributed by atoms with van der Waals surface area (Å²) >= 11 is 1.39. The summed E-state index contributed by atoms with van der Waals surface area (Å²) < 4.78 is 5.18. The third kappa shape index (κ3) is 2.60. The maximum atomic E-state index is 11.8. The lowest BCUT2D eigenvalue weighted by Gasteiger charge is -2.23. The summed E-state index contributed by atoms with van der Waals surface area (Å²) in [6.45, 7) is 3.20. The standard InChI is InChI=1S/C12H13N3O4S/c1-6-10(7(2)16)11(14-12(13-6)20-3)8-4-5-9(19-8)15(17)18/h4-5,11H,1-3H3,(H,13,14)/t11-/m1/s1. The Balaban J connectivity index is 2.47. The van der Waals surface area contributed by atoms with Crippen molar-refractivity contribution in [3.8, 4) is 0 Å². The lowest BCUT2D eigenvalue weighted by molar-refractivity contribution is -0.402. The van der Waals surface area contributed by atoms with E-state index in [1.165, 1.54) is 30.8 Å². The van der Waals surface area contributed by atoms with Crippen LogP contribution >= 0.6 is 11.8 Å². The summed E-state index contributed by atoms with van der Waals surface area (Å²) in [5.74, 6) is -0.225. The Bertz CT molecular complexity index is 632. The van der Waals surface area contributed by atoms with E-state index in [1.807, 2.05) is 6.26 Å². The molecule has 1 N–H and O–H groups in total. The fraction of sp³-hybridized carbons (Fsp3) is 0.333. The van der Waals surface area contributed by atoms with Gasteiger partial charge in [0.1, 0.15) is 16.7 Å². The van der Waals surface area contributed by atoms with Crippen molar-refractivity contribution in [2.24, 2.45) is 4.99 Å². The van der Waals surface area contributed by atoms with Gasteiger partial charge in [-0.1, -0.05) is 11.8 Å². The molecule has 2 rings (SSSR count). The minimum Gasteiger partial charge on any atom is -0.403 e. The van der Waals surface area contributed by atoms with Gasteiger partial charge >= 0.3 is 5.88 Å². The first-order valence-electron chi connectivity index (χ1n) is 5.78. The molecule has 2 heterocycles. The molecule has 8 heteroatoms. The number of hydrogen-bond donors (Lipinski definition) is 1. The molecular formula is C12H13N3O4S. The Labute approximate surface area is 119 Å². The molecule has 0 spiro atoms. The van der Waals surface area contributed by atoms with E-state index in [1.54, 1.807) is 6.92 Å². The molecule has 1 atom stereocenters. The van der Waals surface area contributed by atoms with Gasteiger partial charge in [0.25, 0.3) is 0 Å². The van der Waals surface area contributed by atoms with E-state index in [-0.39, 0.29) is 17.4 Å². The molecule has 1 aliphatic heterocycles. The molecule has 7 nitrogen and oxygen atoms in total. The van der Waals surface area contributed by atoms with Gasteiger partial charge in [0, 0.05) is 11.3 Å². The fourth-order valence-corrected chi connectivity index (χ4v) is 2.47. The van der Waals surface area contributed by atoms with Gasteiger partial charge in [-0.15, -0.1) is 0 Å². The van der Waals surface area contributed by atoms with Gasteiger partial charge in [-0.2, -0.15) is 0 Å². The summed E-state index contributed by atoms with van der Waals surface area (Å²) in [7, 11) is 0. The summed E-state index contributed by atoms with van der Waals surface area (Å²) in [6.07, 6.45) is 1.85. The van der Waals surface area contributed by atoms with Gasteiger partial charge in [-0.05, 0) is 26.2 Å². The maximum Gasteiger partial charge on any atom is 0.433 e. The number of furan rings is 1. The molecule has 0 bridgehead atoms. The highest BCUT2D eigenvalue weighted by molar-refractivity contribution is 8.13. The predicted molar refractivity (Wildman–Crippen MR) is 75.6 cm³/mol. The van der Waals surface area contributed by atoms with Crippen molar-refractivity contribution < 1.29 is 14.1 Å². The van der Waals surface area contributed by atoms with Gasteiger partial charge in [0.2, 0.25) is 0 Å². The number of rotatable bonds is 3. The second kappa shape index (κ2) is 5.49. The number of ketones is 1. The molecule has 1 aliphatic rings. The average Bonchev–Trinajstić information content (AvgIpc) is 2.86. The number of thioether (sulfide) groups is 1. The minimum atomic E-state index is -0.648. The highest BCUT2D eigenvalue weighted by Crippen LogP contribution is 2.34. The second-order valence-electron chi connectivity index (χ2n) is 4.19. The molecule has 1 aromatic rings. The van der Waals surface area contributed by atoms with Crippen LogP contribution in [-0.2, 0) is 4.79 Å². The average molecular weight is 295 g/mol. The molecule has 0 amide bonds. The van der Waals surface area contributed by atoms with Crippen molar-refractivity contribution in [2.45, 2.75) is 19.9 Å². The fourth-order valence-electron chi connectivity index (χ4n) is 2.00. The molecule has 0 radical (unpaired) electrons. The van der Waals surface area contributed by atoms with Crippen LogP contribution in [0.1, 0.15) is 25.6 Å². The summed E-state index contributed by atoms with van der Waals surface area (Å²) in [6, 6.07) is 2.09. The quantitative estimate of drug-likeness (QED) is 0.679. The number of amidine groups is 1. The topological polar surface area (TPSA) is 97.7 Å². The summed E-state index contributed by atoms with van der Waals surface area (Å²) in [4.78, 5) is 26.2. The molecule has 0 aliphatic carbocycles. The Hall–Kier alpha value is -2.09. The van der Waals surface area contributed by atoms with Crippen molar-refractivity contribution in [1.29, 1.82) is 0 Å². The van der Waals surface area contributed by atoms with Gasteiger partial charge in [-0.25, -0.2) is 4.99 Å². The molecule has 0 saturated carbocycles. The van der Waals surface area contributed by atoms with E-state index in [4.69, 9.17) is 4.42 Å². The molecular weight excluding hydrogens is 282 g/mol. The lowest BCUT2D eigenvalue weighted by Crippen LogP contribution is -2.28. The van der Waals surface area contributed by atoms with Crippen molar-refractivity contribution in [3.63, 3.8) is 0 Å². The van der Waals surface area contributed by atoms with Crippen molar-refractivity contribution in [2.75, 3.05) is 6.26 Å². The van der Waals surface area contributed by atoms with Gasteiger partial charge < -0.3 is 9.73 Å². The van der Waals surface area contributed by atoms with Crippen molar-refractivity contribution >= 4 is 28.6 Å². The maximum absolute atomic E-state index is 11.8. The number of carbonyl (C=O) groups is 1. The Morgan fingerprint density at radius 2 is 2.25 bits per heavy atom. The summed E-state index contributed by atoms with van der Waals surface area (Å²) in [5.41, 5.74) is 1.13. The highest BCUT2D eigenvalue weighted by atomic mass is 32.2. The number of nitrogens with one attached hydrogen (secondary N) is 1. The smallest absolute Gasteiger partial charge is 0.403 e. The van der Waals surface area contributed by atoms with Crippen LogP contribution in [0.2, 0.25) is 0 Å². The lowest BCUT2D eigenvalue weighted by atomic mass is 9.99. The van der Waals surface area contributed by atoms with Crippen molar-refractivity contribution in [3.05, 3.63) is 39.3 Å². The first-order valence-corrected chi connectivity index (χ1v) is 7.01. The molecule has 1 aromatic heterocycles. The van der Waals surface area contributed by atoms with Crippen LogP contribution < -0.4 is 5.32 Å². The molecule has 20 heavy (non-hydrogen) atoms. The number of nitrogens with zero attached hydrogens (tertiary/aromatic N) is 2. The van der Waals surface area contributed by atoms with E-state index >= 15 is 0 Å². The SMILES string of the molecule is CSC1=N[C@H](c2ccc([N+](=O)[O-])o2)C(C(C)=O)=C(C)N1. The number of aliphatic imine (C=N–C) groups is 1. The first-order chi connectivity index (χ1) is 9.43. The second-order valence-corrected chi connectivity index (χ2v) is 4.99. The van der Waals surface area contributed by atoms with E-state index in [0.29, 0.717) is 16.4 Å². The molecule has 0 fully saturated rings. The van der Waals surface area contributed by atoms with E-state index < -0.39 is 11.0 Å². The monoisotopic (exact) mass is 295 g/mol. The first kappa shape index (κ1) is 14.3. The zero-order chi connectivity index (χ0) is 14.9. The van der Waals surface area contributed by atoms with E-state index in [2.05, 4.69) is 10.3 Å². The van der Waals surface area contributed by atoms with Gasteiger partial charge in [-0.3, -0.25) is 14.9 Å². The zero-order valence-corrected chi connectivity index (χ0v) is 12.0. The normalized spacial score (nSPS) is 18.6. The van der Waals surface area contributed by atoms with Crippen LogP contribution in [-0.4, -0.2) is 22.1 Å².